The molecule has 0 saturated heterocycles. The Kier molecular flexibility index (Phi) is 6.62. The fraction of sp³-hybridized carbons (Fsp3) is 0.455. The summed E-state index contributed by atoms with van der Waals surface area (Å²) < 4.78 is 78.4. The van der Waals surface area contributed by atoms with Crippen molar-refractivity contribution in [1.82, 2.24) is 4.98 Å². The van der Waals surface area contributed by atoms with Crippen LogP contribution in [0.3, 0.4) is 0 Å². The number of carboxylic acid groups (broad SMARTS) is 1. The molecule has 1 atom stereocenters. The van der Waals surface area contributed by atoms with Crippen LogP contribution >= 0.6 is 0 Å². The standard InChI is InChI=1S/C22H21F6NO2/c23-21(24,25)17-8-15(9-18(11-17)22(26,27)28)4-3-14(7-13-1-2-13)10-19-6-5-16(12-29-19)20(30)31/h5-6,8-9,11-14H,1-4,7,10H2,(H,30,31). The van der Waals surface area contributed by atoms with Gasteiger partial charge in [0.2, 0.25) is 0 Å². The van der Waals surface area contributed by atoms with Crippen molar-refractivity contribution in [2.75, 3.05) is 0 Å². The lowest BCUT2D eigenvalue weighted by atomic mass is 9.89. The highest BCUT2D eigenvalue weighted by Crippen LogP contribution is 2.39. The van der Waals surface area contributed by atoms with Crippen LogP contribution in [-0.4, -0.2) is 16.1 Å². The van der Waals surface area contributed by atoms with Crippen molar-refractivity contribution in [2.24, 2.45) is 11.8 Å². The van der Waals surface area contributed by atoms with Crippen molar-refractivity contribution in [3.05, 3.63) is 64.5 Å². The lowest BCUT2D eigenvalue weighted by Gasteiger charge is -2.18. The topological polar surface area (TPSA) is 50.2 Å². The molecule has 1 aliphatic rings. The van der Waals surface area contributed by atoms with Gasteiger partial charge in [-0.15, -0.1) is 0 Å². The third kappa shape index (κ3) is 6.70. The largest absolute Gasteiger partial charge is 0.478 e. The first kappa shape index (κ1) is 23.1. The summed E-state index contributed by atoms with van der Waals surface area (Å²) in [7, 11) is 0. The van der Waals surface area contributed by atoms with E-state index in [0.29, 0.717) is 24.5 Å². The lowest BCUT2D eigenvalue weighted by molar-refractivity contribution is -0.143. The van der Waals surface area contributed by atoms with E-state index in [1.165, 1.54) is 12.3 Å². The first-order valence-corrected chi connectivity index (χ1v) is 9.88. The number of halogens is 6. The lowest BCUT2D eigenvalue weighted by Crippen LogP contribution is -2.13. The van der Waals surface area contributed by atoms with Crippen molar-refractivity contribution < 1.29 is 36.2 Å². The van der Waals surface area contributed by atoms with Crippen LogP contribution < -0.4 is 0 Å². The molecule has 1 aromatic carbocycles. The maximum absolute atomic E-state index is 13.1. The molecule has 1 aliphatic carbocycles. The Labute approximate surface area is 175 Å². The predicted molar refractivity (Wildman–Crippen MR) is 100 cm³/mol. The van der Waals surface area contributed by atoms with Gasteiger partial charge in [0.05, 0.1) is 16.7 Å². The first-order chi connectivity index (χ1) is 14.4. The summed E-state index contributed by atoms with van der Waals surface area (Å²) in [6, 6.07) is 4.72. The first-order valence-electron chi connectivity index (χ1n) is 9.88. The van der Waals surface area contributed by atoms with Gasteiger partial charge in [-0.1, -0.05) is 12.8 Å². The molecule has 2 aromatic rings. The third-order valence-corrected chi connectivity index (χ3v) is 5.42. The van der Waals surface area contributed by atoms with Gasteiger partial charge in [-0.05, 0) is 73.4 Å². The van der Waals surface area contributed by atoms with Crippen molar-refractivity contribution in [2.45, 2.75) is 50.9 Å². The highest BCUT2D eigenvalue weighted by atomic mass is 19.4. The van der Waals surface area contributed by atoms with Crippen LogP contribution in [-0.2, 0) is 25.2 Å². The monoisotopic (exact) mass is 445 g/mol. The van der Waals surface area contributed by atoms with Gasteiger partial charge in [0.1, 0.15) is 0 Å². The number of benzene rings is 1. The molecule has 0 radical (unpaired) electrons. The fourth-order valence-electron chi connectivity index (χ4n) is 3.63. The number of aromatic carboxylic acids is 1. The Morgan fingerprint density at radius 1 is 1.03 bits per heavy atom. The van der Waals surface area contributed by atoms with Gasteiger partial charge in [0.15, 0.2) is 0 Å². The van der Waals surface area contributed by atoms with Crippen LogP contribution in [0.4, 0.5) is 26.3 Å². The molecular weight excluding hydrogens is 424 g/mol. The summed E-state index contributed by atoms with van der Waals surface area (Å²) in [6.07, 6.45) is -4.57. The molecule has 1 fully saturated rings. The number of aromatic nitrogens is 1. The molecule has 1 saturated carbocycles. The Morgan fingerprint density at radius 2 is 1.65 bits per heavy atom. The molecule has 9 heteroatoms. The molecule has 0 aliphatic heterocycles. The Hall–Kier alpha value is -2.58. The zero-order valence-electron chi connectivity index (χ0n) is 16.4. The molecule has 1 aromatic heterocycles. The fourth-order valence-corrected chi connectivity index (χ4v) is 3.63. The van der Waals surface area contributed by atoms with Gasteiger partial charge in [-0.25, -0.2) is 4.79 Å². The van der Waals surface area contributed by atoms with E-state index in [1.54, 1.807) is 6.07 Å². The highest BCUT2D eigenvalue weighted by molar-refractivity contribution is 5.87. The van der Waals surface area contributed by atoms with Crippen LogP contribution in [0.25, 0.3) is 0 Å². The number of nitrogens with zero attached hydrogens (tertiary/aromatic N) is 1. The second-order valence-electron chi connectivity index (χ2n) is 8.05. The summed E-state index contributed by atoms with van der Waals surface area (Å²) in [5, 5.41) is 8.95. The van der Waals surface area contributed by atoms with Crippen LogP contribution in [0.15, 0.2) is 36.5 Å². The summed E-state index contributed by atoms with van der Waals surface area (Å²) in [5.74, 6) is -0.561. The smallest absolute Gasteiger partial charge is 0.416 e. The quantitative estimate of drug-likeness (QED) is 0.478. The molecule has 3 nitrogen and oxygen atoms in total. The second kappa shape index (κ2) is 8.88. The van der Waals surface area contributed by atoms with Crippen LogP contribution in [0, 0.1) is 11.8 Å². The minimum absolute atomic E-state index is 0.00266. The molecule has 0 bridgehead atoms. The van der Waals surface area contributed by atoms with E-state index in [2.05, 4.69) is 4.98 Å². The zero-order valence-corrected chi connectivity index (χ0v) is 16.4. The van der Waals surface area contributed by atoms with Crippen LogP contribution in [0.5, 0.6) is 0 Å². The number of hydrogen-bond donors (Lipinski definition) is 1. The molecule has 1 heterocycles. The summed E-state index contributed by atoms with van der Waals surface area (Å²) in [6.45, 7) is 0. The van der Waals surface area contributed by atoms with Gasteiger partial charge in [-0.2, -0.15) is 26.3 Å². The molecule has 31 heavy (non-hydrogen) atoms. The van der Waals surface area contributed by atoms with E-state index < -0.39 is 29.4 Å². The van der Waals surface area contributed by atoms with Crippen molar-refractivity contribution in [3.8, 4) is 0 Å². The summed E-state index contributed by atoms with van der Waals surface area (Å²) >= 11 is 0. The average molecular weight is 445 g/mol. The van der Waals surface area contributed by atoms with E-state index >= 15 is 0 Å². The van der Waals surface area contributed by atoms with Crippen molar-refractivity contribution in [1.29, 1.82) is 0 Å². The highest BCUT2D eigenvalue weighted by Gasteiger charge is 2.37. The number of alkyl halides is 6. The molecule has 0 spiro atoms. The second-order valence-corrected chi connectivity index (χ2v) is 8.05. The van der Waals surface area contributed by atoms with Gasteiger partial charge < -0.3 is 5.11 Å². The van der Waals surface area contributed by atoms with Crippen LogP contribution in [0.1, 0.15) is 58.4 Å². The average Bonchev–Trinajstić information content (AvgIpc) is 3.49. The van der Waals surface area contributed by atoms with E-state index in [4.69, 9.17) is 5.11 Å². The summed E-state index contributed by atoms with van der Waals surface area (Å²) in [4.78, 5) is 15.1. The van der Waals surface area contributed by atoms with Crippen LogP contribution in [0.2, 0.25) is 0 Å². The maximum atomic E-state index is 13.1. The van der Waals surface area contributed by atoms with Crippen molar-refractivity contribution >= 4 is 5.97 Å². The Balaban J connectivity index is 1.75. The van der Waals surface area contributed by atoms with Gasteiger partial charge in [0, 0.05) is 11.9 Å². The number of pyridine rings is 1. The molecule has 3 rings (SSSR count). The predicted octanol–water partition coefficient (Wildman–Crippen LogP) is 6.41. The van der Waals surface area contributed by atoms with Gasteiger partial charge in [0.25, 0.3) is 0 Å². The molecule has 0 amide bonds. The van der Waals surface area contributed by atoms with Gasteiger partial charge in [-0.3, -0.25) is 4.98 Å². The number of carboxylic acids is 1. The van der Waals surface area contributed by atoms with E-state index in [-0.39, 0.29) is 29.5 Å². The molecular formula is C22H21F6NO2. The zero-order chi connectivity index (χ0) is 22.8. The molecule has 1 unspecified atom stereocenters. The summed E-state index contributed by atoms with van der Waals surface area (Å²) in [5.41, 5.74) is -1.91. The normalized spacial score (nSPS) is 15.7. The number of carbonyl (C=O) groups is 1. The third-order valence-electron chi connectivity index (χ3n) is 5.42. The Morgan fingerprint density at radius 3 is 2.10 bits per heavy atom. The SMILES string of the molecule is O=C(O)c1ccc(CC(CCc2cc(C(F)(F)F)cc(C(F)(F)F)c2)CC2CC2)nc1. The Bertz CT molecular complexity index is 885. The number of hydrogen-bond acceptors (Lipinski definition) is 2. The van der Waals surface area contributed by atoms with E-state index in [1.807, 2.05) is 0 Å². The maximum Gasteiger partial charge on any atom is 0.416 e. The molecule has 168 valence electrons. The minimum atomic E-state index is -4.86. The van der Waals surface area contributed by atoms with E-state index in [0.717, 1.165) is 31.4 Å². The van der Waals surface area contributed by atoms with E-state index in [9.17, 15) is 31.1 Å². The number of aryl methyl sites for hydroxylation is 1. The van der Waals surface area contributed by atoms with Crippen molar-refractivity contribution in [3.63, 3.8) is 0 Å². The molecule has 1 N–H and O–H groups in total. The minimum Gasteiger partial charge on any atom is -0.478 e. The van der Waals surface area contributed by atoms with Gasteiger partial charge >= 0.3 is 18.3 Å². The number of rotatable bonds is 8.